The Morgan fingerprint density at radius 3 is 2.71 bits per heavy atom. The Bertz CT molecular complexity index is 469. The zero-order valence-corrected chi connectivity index (χ0v) is 14.5. The van der Waals surface area contributed by atoms with Crippen LogP contribution in [0.2, 0.25) is 0 Å². The lowest BCUT2D eigenvalue weighted by molar-refractivity contribution is -0.130. The van der Waals surface area contributed by atoms with Crippen LogP contribution in [-0.4, -0.2) is 23.4 Å². The molecule has 0 aromatic carbocycles. The molecule has 1 N–H and O–H groups in total. The quantitative estimate of drug-likeness (QED) is 0.823. The van der Waals surface area contributed by atoms with Crippen molar-refractivity contribution in [2.24, 2.45) is 5.92 Å². The minimum absolute atomic E-state index is 0.00418. The molecule has 0 bridgehead atoms. The molecular formula is C17H28N2OS. The Morgan fingerprint density at radius 2 is 2.14 bits per heavy atom. The monoisotopic (exact) mass is 308 g/mol. The molecule has 1 aromatic heterocycles. The average molecular weight is 308 g/mol. The molecular weight excluding hydrogens is 280 g/mol. The molecule has 2 atom stereocenters. The number of carbonyl (C=O) groups excluding carboxylic acids is 1. The molecule has 1 aliphatic heterocycles. The van der Waals surface area contributed by atoms with E-state index < -0.39 is 0 Å². The van der Waals surface area contributed by atoms with Crippen LogP contribution in [0, 0.1) is 12.8 Å². The predicted octanol–water partition coefficient (Wildman–Crippen LogP) is 4.09. The van der Waals surface area contributed by atoms with Gasteiger partial charge in [-0.3, -0.25) is 10.1 Å². The molecule has 1 aliphatic rings. The van der Waals surface area contributed by atoms with Gasteiger partial charge in [0.15, 0.2) is 0 Å². The third kappa shape index (κ3) is 4.07. The summed E-state index contributed by atoms with van der Waals surface area (Å²) in [5.41, 5.74) is 0. The Labute approximate surface area is 132 Å². The van der Waals surface area contributed by atoms with E-state index in [2.05, 4.69) is 50.0 Å². The summed E-state index contributed by atoms with van der Waals surface area (Å²) in [6.07, 6.45) is 4.35. The van der Waals surface area contributed by atoms with Gasteiger partial charge in [0.2, 0.25) is 5.91 Å². The van der Waals surface area contributed by atoms with Crippen LogP contribution in [0.25, 0.3) is 0 Å². The summed E-state index contributed by atoms with van der Waals surface area (Å²) in [6, 6.07) is 4.31. The van der Waals surface area contributed by atoms with E-state index in [1.807, 2.05) is 0 Å². The van der Waals surface area contributed by atoms with Gasteiger partial charge in [-0.15, -0.1) is 11.3 Å². The summed E-state index contributed by atoms with van der Waals surface area (Å²) in [5.74, 6) is 0.915. The summed E-state index contributed by atoms with van der Waals surface area (Å²) >= 11 is 1.79. The molecule has 2 unspecified atom stereocenters. The van der Waals surface area contributed by atoms with Crippen molar-refractivity contribution in [2.75, 3.05) is 6.54 Å². The van der Waals surface area contributed by atoms with E-state index in [-0.39, 0.29) is 12.2 Å². The van der Waals surface area contributed by atoms with E-state index in [9.17, 15) is 4.79 Å². The summed E-state index contributed by atoms with van der Waals surface area (Å²) in [6.45, 7) is 9.58. The second-order valence-corrected chi connectivity index (χ2v) is 7.75. The maximum atomic E-state index is 12.7. The van der Waals surface area contributed by atoms with E-state index in [0.29, 0.717) is 11.8 Å². The summed E-state index contributed by atoms with van der Waals surface area (Å²) < 4.78 is 0. The number of unbranched alkanes of at least 4 members (excludes halogenated alkanes) is 1. The van der Waals surface area contributed by atoms with E-state index in [4.69, 9.17) is 0 Å². The second-order valence-electron chi connectivity index (χ2n) is 6.43. The molecule has 118 valence electrons. The molecule has 0 saturated carbocycles. The third-order valence-corrected chi connectivity index (χ3v) is 5.13. The van der Waals surface area contributed by atoms with Gasteiger partial charge in [0.1, 0.15) is 6.17 Å². The zero-order chi connectivity index (χ0) is 15.4. The fourth-order valence-corrected chi connectivity index (χ4v) is 3.72. The Morgan fingerprint density at radius 1 is 1.38 bits per heavy atom. The highest BCUT2D eigenvalue weighted by molar-refractivity contribution is 7.12. The molecule has 1 amide bonds. The van der Waals surface area contributed by atoms with Crippen LogP contribution in [-0.2, 0) is 4.79 Å². The molecule has 4 heteroatoms. The van der Waals surface area contributed by atoms with E-state index in [1.54, 1.807) is 11.3 Å². The van der Waals surface area contributed by atoms with Gasteiger partial charge < -0.3 is 4.90 Å². The van der Waals surface area contributed by atoms with Gasteiger partial charge >= 0.3 is 0 Å². The van der Waals surface area contributed by atoms with Gasteiger partial charge in [-0.2, -0.15) is 0 Å². The Kier molecular flexibility index (Phi) is 5.82. The lowest BCUT2D eigenvalue weighted by Crippen LogP contribution is -2.32. The maximum Gasteiger partial charge on any atom is 0.241 e. The molecule has 0 aliphatic carbocycles. The van der Waals surface area contributed by atoms with Crippen LogP contribution >= 0.6 is 11.3 Å². The molecule has 21 heavy (non-hydrogen) atoms. The first-order chi connectivity index (χ1) is 10.0. The molecule has 2 rings (SSSR count). The van der Waals surface area contributed by atoms with Crippen molar-refractivity contribution in [1.29, 1.82) is 0 Å². The smallest absolute Gasteiger partial charge is 0.241 e. The molecule has 1 fully saturated rings. The SMILES string of the molecule is CCCCC1NC(c2ccc(C)s2)N(CCC(C)C)C1=O. The van der Waals surface area contributed by atoms with Crippen LogP contribution in [0.3, 0.4) is 0 Å². The number of hydrogen-bond donors (Lipinski definition) is 1. The highest BCUT2D eigenvalue weighted by Crippen LogP contribution is 2.32. The molecule has 2 heterocycles. The molecule has 0 spiro atoms. The van der Waals surface area contributed by atoms with Gasteiger partial charge in [0.05, 0.1) is 6.04 Å². The van der Waals surface area contributed by atoms with Crippen LogP contribution in [0.4, 0.5) is 0 Å². The normalized spacial score (nSPS) is 22.5. The van der Waals surface area contributed by atoms with Gasteiger partial charge in [-0.25, -0.2) is 0 Å². The van der Waals surface area contributed by atoms with Crippen molar-refractivity contribution in [3.8, 4) is 0 Å². The van der Waals surface area contributed by atoms with E-state index in [1.165, 1.54) is 9.75 Å². The van der Waals surface area contributed by atoms with Crippen molar-refractivity contribution < 1.29 is 4.79 Å². The first-order valence-electron chi connectivity index (χ1n) is 8.15. The maximum absolute atomic E-state index is 12.7. The number of amides is 1. The van der Waals surface area contributed by atoms with Gasteiger partial charge in [0, 0.05) is 16.3 Å². The van der Waals surface area contributed by atoms with Crippen molar-refractivity contribution in [3.63, 3.8) is 0 Å². The van der Waals surface area contributed by atoms with Crippen LogP contribution < -0.4 is 5.32 Å². The lowest BCUT2D eigenvalue weighted by atomic mass is 10.1. The molecule has 3 nitrogen and oxygen atoms in total. The number of nitrogens with zero attached hydrogens (tertiary/aromatic N) is 1. The highest BCUT2D eigenvalue weighted by Gasteiger charge is 2.39. The third-order valence-electron chi connectivity index (χ3n) is 4.08. The van der Waals surface area contributed by atoms with Crippen molar-refractivity contribution in [3.05, 3.63) is 21.9 Å². The zero-order valence-electron chi connectivity index (χ0n) is 13.7. The number of aryl methyl sites for hydroxylation is 1. The first-order valence-corrected chi connectivity index (χ1v) is 8.97. The molecule has 0 radical (unpaired) electrons. The topological polar surface area (TPSA) is 32.3 Å². The second kappa shape index (κ2) is 7.41. The minimum Gasteiger partial charge on any atom is -0.321 e. The molecule has 1 aromatic rings. The Hall–Kier alpha value is -0.870. The first kappa shape index (κ1) is 16.5. The van der Waals surface area contributed by atoms with Crippen LogP contribution in [0.15, 0.2) is 12.1 Å². The standard InChI is InChI=1S/C17H28N2OS/c1-5-6-7-14-17(20)19(11-10-12(2)3)16(18-14)15-9-8-13(4)21-15/h8-9,12,14,16,18H,5-7,10-11H2,1-4H3. The summed E-state index contributed by atoms with van der Waals surface area (Å²) in [7, 11) is 0. The fourth-order valence-electron chi connectivity index (χ4n) is 2.77. The minimum atomic E-state index is 0.00418. The fraction of sp³-hybridized carbons (Fsp3) is 0.706. The number of nitrogens with one attached hydrogen (secondary N) is 1. The largest absolute Gasteiger partial charge is 0.321 e. The van der Waals surface area contributed by atoms with Crippen molar-refractivity contribution in [2.45, 2.75) is 65.6 Å². The summed E-state index contributed by atoms with van der Waals surface area (Å²) in [5, 5.41) is 3.57. The van der Waals surface area contributed by atoms with Crippen molar-refractivity contribution >= 4 is 17.2 Å². The van der Waals surface area contributed by atoms with Crippen molar-refractivity contribution in [1.82, 2.24) is 10.2 Å². The number of carbonyl (C=O) groups is 1. The van der Waals surface area contributed by atoms with Crippen LogP contribution in [0.5, 0.6) is 0 Å². The lowest BCUT2D eigenvalue weighted by Gasteiger charge is -2.24. The number of thiophene rings is 1. The van der Waals surface area contributed by atoms with Gasteiger partial charge in [-0.05, 0) is 37.8 Å². The van der Waals surface area contributed by atoms with E-state index in [0.717, 1.165) is 32.2 Å². The number of rotatable bonds is 7. The number of hydrogen-bond acceptors (Lipinski definition) is 3. The van der Waals surface area contributed by atoms with Gasteiger partial charge in [-0.1, -0.05) is 33.6 Å². The average Bonchev–Trinajstić information content (AvgIpc) is 2.98. The van der Waals surface area contributed by atoms with Gasteiger partial charge in [0.25, 0.3) is 0 Å². The van der Waals surface area contributed by atoms with Crippen LogP contribution in [0.1, 0.15) is 62.4 Å². The van der Waals surface area contributed by atoms with E-state index >= 15 is 0 Å². The highest BCUT2D eigenvalue weighted by atomic mass is 32.1. The predicted molar refractivity (Wildman–Crippen MR) is 89.4 cm³/mol. The Balaban J connectivity index is 2.12. The summed E-state index contributed by atoms with van der Waals surface area (Å²) in [4.78, 5) is 17.3. The molecule has 1 saturated heterocycles.